The van der Waals surface area contributed by atoms with Crippen LogP contribution in [0.1, 0.15) is 41.4 Å². The molecule has 0 spiro atoms. The summed E-state index contributed by atoms with van der Waals surface area (Å²) >= 11 is 0. The van der Waals surface area contributed by atoms with Crippen LogP contribution >= 0.6 is 0 Å². The monoisotopic (exact) mass is 260 g/mol. The van der Waals surface area contributed by atoms with E-state index in [9.17, 15) is 14.7 Å². The van der Waals surface area contributed by atoms with Gasteiger partial charge in [0.25, 0.3) is 5.91 Å². The molecule has 5 nitrogen and oxygen atoms in total. The van der Waals surface area contributed by atoms with Crippen LogP contribution in [0, 0.1) is 0 Å². The number of nitrogens with zero attached hydrogens (tertiary/aromatic N) is 1. The number of fused-ring (bicyclic) bond motifs is 1. The van der Waals surface area contributed by atoms with Gasteiger partial charge in [0.15, 0.2) is 6.23 Å². The summed E-state index contributed by atoms with van der Waals surface area (Å²) < 4.78 is 0. The van der Waals surface area contributed by atoms with Crippen molar-refractivity contribution in [2.24, 2.45) is 0 Å². The molecule has 19 heavy (non-hydrogen) atoms. The molecule has 100 valence electrons. The van der Waals surface area contributed by atoms with E-state index in [1.807, 2.05) is 0 Å². The molecule has 0 radical (unpaired) electrons. The number of nitrogens with one attached hydrogen (secondary N) is 1. The largest absolute Gasteiger partial charge is 0.369 e. The molecule has 0 aromatic heterocycles. The van der Waals surface area contributed by atoms with Crippen molar-refractivity contribution in [2.45, 2.75) is 31.5 Å². The summed E-state index contributed by atoms with van der Waals surface area (Å²) in [6.07, 6.45) is 1.36. The van der Waals surface area contributed by atoms with E-state index in [1.54, 1.807) is 24.3 Å². The van der Waals surface area contributed by atoms with Crippen LogP contribution in [0.15, 0.2) is 24.3 Å². The van der Waals surface area contributed by atoms with Gasteiger partial charge in [0.1, 0.15) is 6.04 Å². The Bertz CT molecular complexity index is 529. The molecule has 3 rings (SSSR count). The van der Waals surface area contributed by atoms with Crippen molar-refractivity contribution in [3.63, 3.8) is 0 Å². The first-order chi connectivity index (χ1) is 9.20. The molecule has 2 heterocycles. The molecular weight excluding hydrogens is 244 g/mol. The molecule has 2 aliphatic rings. The van der Waals surface area contributed by atoms with Gasteiger partial charge in [-0.25, -0.2) is 0 Å². The van der Waals surface area contributed by atoms with E-state index in [1.165, 1.54) is 4.90 Å². The van der Waals surface area contributed by atoms with E-state index in [0.717, 1.165) is 12.8 Å². The Labute approximate surface area is 111 Å². The van der Waals surface area contributed by atoms with E-state index in [-0.39, 0.29) is 11.8 Å². The average Bonchev–Trinajstić information content (AvgIpc) is 2.57. The molecule has 1 aromatic carbocycles. The third-order valence-corrected chi connectivity index (χ3v) is 3.81. The van der Waals surface area contributed by atoms with Crippen molar-refractivity contribution in [3.8, 4) is 0 Å². The molecule has 1 aromatic rings. The number of aliphatic hydroxyl groups excluding tert-OH is 1. The topological polar surface area (TPSA) is 69.6 Å². The Hall–Kier alpha value is -1.88. The first kappa shape index (κ1) is 12.2. The molecule has 2 N–H and O–H groups in total. The van der Waals surface area contributed by atoms with E-state index in [4.69, 9.17) is 0 Å². The number of amides is 2. The van der Waals surface area contributed by atoms with Gasteiger partial charge in [0.2, 0.25) is 5.91 Å². The Morgan fingerprint density at radius 3 is 2.79 bits per heavy atom. The number of carbonyl (C=O) groups excluding carboxylic acids is 2. The summed E-state index contributed by atoms with van der Waals surface area (Å²) in [5.41, 5.74) is 1.08. The fourth-order valence-electron chi connectivity index (χ4n) is 2.82. The highest BCUT2D eigenvalue weighted by atomic mass is 16.3. The van der Waals surface area contributed by atoms with Gasteiger partial charge in [0, 0.05) is 17.7 Å². The fourth-order valence-corrected chi connectivity index (χ4v) is 2.82. The molecule has 1 fully saturated rings. The Morgan fingerprint density at radius 1 is 1.21 bits per heavy atom. The van der Waals surface area contributed by atoms with Crippen LogP contribution in [0.4, 0.5) is 0 Å². The molecule has 1 unspecified atom stereocenters. The summed E-state index contributed by atoms with van der Waals surface area (Å²) in [5.74, 6) is -0.428. The molecular formula is C14H16N2O3. The maximum Gasteiger partial charge on any atom is 0.257 e. The van der Waals surface area contributed by atoms with Crippen LogP contribution in [-0.4, -0.2) is 34.4 Å². The second-order valence-electron chi connectivity index (χ2n) is 4.98. The minimum Gasteiger partial charge on any atom is -0.369 e. The smallest absolute Gasteiger partial charge is 0.257 e. The number of hydrogen-bond acceptors (Lipinski definition) is 3. The predicted molar refractivity (Wildman–Crippen MR) is 68.2 cm³/mol. The molecule has 2 atom stereocenters. The van der Waals surface area contributed by atoms with Crippen LogP contribution in [0.3, 0.4) is 0 Å². The second-order valence-corrected chi connectivity index (χ2v) is 4.98. The SMILES string of the molecule is O=C1NCCCC[C@@H]1N1C(=O)c2ccccc2C1O. The highest BCUT2D eigenvalue weighted by Gasteiger charge is 2.42. The molecule has 0 aliphatic carbocycles. The lowest BCUT2D eigenvalue weighted by atomic mass is 10.1. The van der Waals surface area contributed by atoms with Crippen molar-refractivity contribution in [1.82, 2.24) is 10.2 Å². The highest BCUT2D eigenvalue weighted by molar-refractivity contribution is 6.01. The third-order valence-electron chi connectivity index (χ3n) is 3.81. The highest BCUT2D eigenvalue weighted by Crippen LogP contribution is 2.34. The molecule has 5 heteroatoms. The normalized spacial score (nSPS) is 26.9. The summed E-state index contributed by atoms with van der Waals surface area (Å²) in [5, 5.41) is 13.1. The van der Waals surface area contributed by atoms with Crippen molar-refractivity contribution >= 4 is 11.8 Å². The minimum atomic E-state index is -1.02. The van der Waals surface area contributed by atoms with E-state index in [0.29, 0.717) is 24.1 Å². The van der Waals surface area contributed by atoms with Gasteiger partial charge < -0.3 is 10.4 Å². The lowest BCUT2D eigenvalue weighted by Crippen LogP contribution is -2.47. The van der Waals surface area contributed by atoms with Gasteiger partial charge in [0.05, 0.1) is 0 Å². The zero-order valence-corrected chi connectivity index (χ0v) is 10.5. The number of carbonyl (C=O) groups is 2. The predicted octanol–water partition coefficient (Wildman–Crippen LogP) is 0.802. The van der Waals surface area contributed by atoms with Gasteiger partial charge in [-0.2, -0.15) is 0 Å². The molecule has 0 bridgehead atoms. The summed E-state index contributed by atoms with van der Waals surface area (Å²) in [4.78, 5) is 25.7. The summed E-state index contributed by atoms with van der Waals surface area (Å²) in [6, 6.07) is 6.39. The van der Waals surface area contributed by atoms with Crippen LogP contribution < -0.4 is 5.32 Å². The van der Waals surface area contributed by atoms with Gasteiger partial charge in [-0.05, 0) is 25.3 Å². The Morgan fingerprint density at radius 2 is 2.00 bits per heavy atom. The van der Waals surface area contributed by atoms with Gasteiger partial charge in [-0.1, -0.05) is 18.2 Å². The maximum atomic E-state index is 12.4. The van der Waals surface area contributed by atoms with Gasteiger partial charge in [-0.15, -0.1) is 0 Å². The third kappa shape index (κ3) is 1.90. The van der Waals surface area contributed by atoms with Crippen LogP contribution in [0.2, 0.25) is 0 Å². The second kappa shape index (κ2) is 4.66. The molecule has 2 amide bonds. The number of hydrogen-bond donors (Lipinski definition) is 2. The van der Waals surface area contributed by atoms with Gasteiger partial charge >= 0.3 is 0 Å². The fraction of sp³-hybridized carbons (Fsp3) is 0.429. The number of rotatable bonds is 1. The first-order valence-corrected chi connectivity index (χ1v) is 6.57. The van der Waals surface area contributed by atoms with Crippen molar-refractivity contribution < 1.29 is 14.7 Å². The van der Waals surface area contributed by atoms with Crippen molar-refractivity contribution in [1.29, 1.82) is 0 Å². The van der Waals surface area contributed by atoms with E-state index in [2.05, 4.69) is 5.32 Å². The van der Waals surface area contributed by atoms with Crippen LogP contribution in [0.25, 0.3) is 0 Å². The number of benzene rings is 1. The Kier molecular flexibility index (Phi) is 2.98. The van der Waals surface area contributed by atoms with Crippen LogP contribution in [-0.2, 0) is 4.79 Å². The Balaban J connectivity index is 1.94. The zero-order chi connectivity index (χ0) is 13.4. The lowest BCUT2D eigenvalue weighted by Gasteiger charge is -2.28. The molecule has 0 saturated carbocycles. The molecule has 1 saturated heterocycles. The quantitative estimate of drug-likeness (QED) is 0.784. The first-order valence-electron chi connectivity index (χ1n) is 6.57. The summed E-state index contributed by atoms with van der Waals surface area (Å²) in [7, 11) is 0. The minimum absolute atomic E-state index is 0.169. The van der Waals surface area contributed by atoms with Crippen molar-refractivity contribution in [2.75, 3.05) is 6.54 Å². The lowest BCUT2D eigenvalue weighted by molar-refractivity contribution is -0.128. The zero-order valence-electron chi connectivity index (χ0n) is 10.5. The standard InChI is InChI=1S/C14H16N2O3/c17-12-11(7-3-4-8-15-12)16-13(18)9-5-1-2-6-10(9)14(16)19/h1-2,5-6,11,13,18H,3-4,7-8H2,(H,15,17)/t11-,13?/m0/s1. The molecule has 2 aliphatic heterocycles. The van der Waals surface area contributed by atoms with Gasteiger partial charge in [-0.3, -0.25) is 14.5 Å². The summed E-state index contributed by atoms with van der Waals surface area (Å²) in [6.45, 7) is 0.639. The maximum absolute atomic E-state index is 12.4. The number of aliphatic hydroxyl groups is 1. The average molecular weight is 260 g/mol. The van der Waals surface area contributed by atoms with Crippen molar-refractivity contribution in [3.05, 3.63) is 35.4 Å². The van der Waals surface area contributed by atoms with E-state index >= 15 is 0 Å². The van der Waals surface area contributed by atoms with Crippen LogP contribution in [0.5, 0.6) is 0 Å². The van der Waals surface area contributed by atoms with E-state index < -0.39 is 12.3 Å².